The molecular formula is C9H12O. The van der Waals surface area contributed by atoms with Crippen molar-refractivity contribution >= 4 is 5.78 Å². The van der Waals surface area contributed by atoms with E-state index in [1.54, 1.807) is 6.08 Å². The van der Waals surface area contributed by atoms with Gasteiger partial charge in [0.05, 0.1) is 0 Å². The van der Waals surface area contributed by atoms with Crippen molar-refractivity contribution in [3.8, 4) is 0 Å². The van der Waals surface area contributed by atoms with Crippen LogP contribution in [0.5, 0.6) is 0 Å². The molecule has 0 saturated carbocycles. The van der Waals surface area contributed by atoms with Crippen molar-refractivity contribution in [3.05, 3.63) is 23.8 Å². The molecule has 54 valence electrons. The molecule has 0 fully saturated rings. The Kier molecular flexibility index (Phi) is 2.05. The lowest BCUT2D eigenvalue weighted by molar-refractivity contribution is -0.111. The Bertz CT molecular complexity index is 199. The summed E-state index contributed by atoms with van der Waals surface area (Å²) in [6.45, 7) is 4.09. The molecule has 0 radical (unpaired) electrons. The highest BCUT2D eigenvalue weighted by atomic mass is 16.1. The molecule has 0 spiro atoms. The van der Waals surface area contributed by atoms with E-state index in [-0.39, 0.29) is 5.78 Å². The van der Waals surface area contributed by atoms with Crippen molar-refractivity contribution in [2.24, 2.45) is 5.92 Å². The molecule has 0 aromatic rings. The lowest BCUT2D eigenvalue weighted by Crippen LogP contribution is -2.04. The topological polar surface area (TPSA) is 17.1 Å². The van der Waals surface area contributed by atoms with Gasteiger partial charge in [0.1, 0.15) is 0 Å². The molecule has 0 amide bonds. The average Bonchev–Trinajstić information content (AvgIpc) is 1.94. The van der Waals surface area contributed by atoms with Crippen LogP contribution in [-0.2, 0) is 4.79 Å². The first-order valence-electron chi connectivity index (χ1n) is 3.67. The van der Waals surface area contributed by atoms with Crippen molar-refractivity contribution in [3.63, 3.8) is 0 Å². The Hall–Kier alpha value is -0.850. The summed E-state index contributed by atoms with van der Waals surface area (Å²) in [4.78, 5) is 11.0. The summed E-state index contributed by atoms with van der Waals surface area (Å²) in [7, 11) is 0. The number of carbonyl (C=O) groups is 1. The van der Waals surface area contributed by atoms with Crippen LogP contribution in [0.2, 0.25) is 0 Å². The molecule has 0 saturated heterocycles. The zero-order chi connectivity index (χ0) is 7.56. The molecular weight excluding hydrogens is 124 g/mol. The van der Waals surface area contributed by atoms with Crippen molar-refractivity contribution in [2.45, 2.75) is 20.3 Å². The Morgan fingerprint density at radius 2 is 2.30 bits per heavy atom. The lowest BCUT2D eigenvalue weighted by atomic mass is 9.96. The van der Waals surface area contributed by atoms with E-state index in [0.717, 1.165) is 12.0 Å². The number of allylic oxidation sites excluding steroid dienone is 4. The molecule has 1 atom stereocenters. The van der Waals surface area contributed by atoms with Crippen LogP contribution in [-0.4, -0.2) is 5.78 Å². The minimum Gasteiger partial charge on any atom is -0.290 e. The van der Waals surface area contributed by atoms with Crippen LogP contribution in [0.25, 0.3) is 0 Å². The summed E-state index contributed by atoms with van der Waals surface area (Å²) in [6.07, 6.45) is 6.49. The highest BCUT2D eigenvalue weighted by molar-refractivity contribution is 6.04. The van der Waals surface area contributed by atoms with Gasteiger partial charge in [0.15, 0.2) is 5.78 Å². The molecule has 0 heterocycles. The third-order valence-corrected chi connectivity index (χ3v) is 1.71. The molecule has 0 N–H and O–H groups in total. The van der Waals surface area contributed by atoms with Crippen molar-refractivity contribution in [1.29, 1.82) is 0 Å². The van der Waals surface area contributed by atoms with E-state index < -0.39 is 0 Å². The quantitative estimate of drug-likeness (QED) is 0.539. The van der Waals surface area contributed by atoms with Crippen LogP contribution >= 0.6 is 0 Å². The second-order valence-corrected chi connectivity index (χ2v) is 2.63. The summed E-state index contributed by atoms with van der Waals surface area (Å²) < 4.78 is 0. The molecule has 0 bridgehead atoms. The van der Waals surface area contributed by atoms with Crippen LogP contribution in [0.1, 0.15) is 20.3 Å². The molecule has 0 aromatic carbocycles. The minimum absolute atomic E-state index is 0.181. The predicted octanol–water partition coefficient (Wildman–Crippen LogP) is 2.10. The fourth-order valence-corrected chi connectivity index (χ4v) is 1.09. The van der Waals surface area contributed by atoms with Gasteiger partial charge < -0.3 is 0 Å². The van der Waals surface area contributed by atoms with Gasteiger partial charge in [-0.15, -0.1) is 0 Å². The van der Waals surface area contributed by atoms with Gasteiger partial charge in [-0.25, -0.2) is 0 Å². The first kappa shape index (κ1) is 7.26. The highest BCUT2D eigenvalue weighted by Gasteiger charge is 2.09. The fourth-order valence-electron chi connectivity index (χ4n) is 1.09. The molecule has 1 aliphatic carbocycles. The number of carbonyl (C=O) groups excluding carboxylic acids is 1. The van der Waals surface area contributed by atoms with Gasteiger partial charge in [-0.3, -0.25) is 4.79 Å². The number of hydrogen-bond donors (Lipinski definition) is 0. The molecule has 0 unspecified atom stereocenters. The van der Waals surface area contributed by atoms with E-state index in [1.807, 2.05) is 19.1 Å². The smallest absolute Gasteiger partial charge is 0.181 e. The van der Waals surface area contributed by atoms with E-state index in [2.05, 4.69) is 6.92 Å². The van der Waals surface area contributed by atoms with Crippen molar-refractivity contribution in [1.82, 2.24) is 0 Å². The summed E-state index contributed by atoms with van der Waals surface area (Å²) in [6, 6.07) is 0. The second kappa shape index (κ2) is 2.82. The monoisotopic (exact) mass is 136 g/mol. The van der Waals surface area contributed by atoms with Gasteiger partial charge in [-0.2, -0.15) is 0 Å². The third kappa shape index (κ3) is 1.35. The van der Waals surface area contributed by atoms with E-state index in [4.69, 9.17) is 0 Å². The van der Waals surface area contributed by atoms with Crippen molar-refractivity contribution in [2.75, 3.05) is 0 Å². The second-order valence-electron chi connectivity index (χ2n) is 2.63. The Morgan fingerprint density at radius 1 is 1.60 bits per heavy atom. The third-order valence-electron chi connectivity index (χ3n) is 1.71. The van der Waals surface area contributed by atoms with Crippen LogP contribution in [0.4, 0.5) is 0 Å². The fraction of sp³-hybridized carbons (Fsp3) is 0.444. The number of ketones is 1. The van der Waals surface area contributed by atoms with Crippen molar-refractivity contribution < 1.29 is 4.79 Å². The summed E-state index contributed by atoms with van der Waals surface area (Å²) in [5, 5.41) is 0. The first-order valence-corrected chi connectivity index (χ1v) is 3.67. The molecule has 0 aromatic heterocycles. The zero-order valence-corrected chi connectivity index (χ0v) is 6.42. The largest absolute Gasteiger partial charge is 0.290 e. The molecule has 1 heteroatoms. The highest BCUT2D eigenvalue weighted by Crippen LogP contribution is 2.14. The van der Waals surface area contributed by atoms with E-state index in [1.165, 1.54) is 0 Å². The van der Waals surface area contributed by atoms with Gasteiger partial charge in [-0.1, -0.05) is 26.0 Å². The summed E-state index contributed by atoms with van der Waals surface area (Å²) in [5.74, 6) is 0.619. The molecule has 1 rings (SSSR count). The summed E-state index contributed by atoms with van der Waals surface area (Å²) >= 11 is 0. The zero-order valence-electron chi connectivity index (χ0n) is 6.42. The Morgan fingerprint density at radius 3 is 2.80 bits per heavy atom. The molecule has 1 aliphatic rings. The standard InChI is InChI=1S/C9H12O/c1-3-8-6-7(2)4-5-9(8)10/h4-7H,3H2,1-2H3/t7-/m0/s1. The number of hydrogen-bond acceptors (Lipinski definition) is 1. The summed E-state index contributed by atoms with van der Waals surface area (Å²) in [5.41, 5.74) is 0.954. The first-order chi connectivity index (χ1) is 4.74. The Balaban J connectivity index is 2.79. The van der Waals surface area contributed by atoms with Gasteiger partial charge in [0, 0.05) is 0 Å². The molecule has 1 nitrogen and oxygen atoms in total. The van der Waals surface area contributed by atoms with Crippen LogP contribution in [0.3, 0.4) is 0 Å². The van der Waals surface area contributed by atoms with E-state index in [9.17, 15) is 4.79 Å². The van der Waals surface area contributed by atoms with Gasteiger partial charge >= 0.3 is 0 Å². The lowest BCUT2D eigenvalue weighted by Gasteiger charge is -2.08. The maximum Gasteiger partial charge on any atom is 0.181 e. The van der Waals surface area contributed by atoms with Crippen LogP contribution < -0.4 is 0 Å². The van der Waals surface area contributed by atoms with Crippen LogP contribution in [0.15, 0.2) is 23.8 Å². The molecule has 10 heavy (non-hydrogen) atoms. The van der Waals surface area contributed by atoms with Gasteiger partial charge in [0.2, 0.25) is 0 Å². The van der Waals surface area contributed by atoms with E-state index in [0.29, 0.717) is 5.92 Å². The molecule has 0 aliphatic heterocycles. The minimum atomic E-state index is 0.181. The van der Waals surface area contributed by atoms with E-state index >= 15 is 0 Å². The Labute approximate surface area is 61.4 Å². The maximum atomic E-state index is 11.0. The maximum absolute atomic E-state index is 11.0. The van der Waals surface area contributed by atoms with Gasteiger partial charge in [-0.05, 0) is 24.0 Å². The van der Waals surface area contributed by atoms with Gasteiger partial charge in [0.25, 0.3) is 0 Å². The normalized spacial score (nSPS) is 24.8. The van der Waals surface area contributed by atoms with Crippen LogP contribution in [0, 0.1) is 5.92 Å². The SMILES string of the molecule is CCC1=C[C@@H](C)C=CC1=O. The average molecular weight is 136 g/mol. The predicted molar refractivity (Wildman–Crippen MR) is 41.7 cm³/mol. The number of rotatable bonds is 1.